The Hall–Kier alpha value is -1.90. The molecule has 0 aromatic heterocycles. The number of nitrogens with zero attached hydrogens (tertiary/aromatic N) is 2. The van der Waals surface area contributed by atoms with E-state index in [0.717, 1.165) is 38.0 Å². The van der Waals surface area contributed by atoms with Gasteiger partial charge in [-0.2, -0.15) is 5.26 Å². The van der Waals surface area contributed by atoms with E-state index in [1.165, 1.54) is 6.92 Å². The highest BCUT2D eigenvalue weighted by Gasteiger charge is 2.41. The molecule has 5 heteroatoms. The lowest BCUT2D eigenvalue weighted by Gasteiger charge is -2.35. The second-order valence-electron chi connectivity index (χ2n) is 6.87. The average Bonchev–Trinajstić information content (AvgIpc) is 2.88. The number of likely N-dealkylation sites (tertiary alicyclic amines) is 1. The average molecular weight is 313 g/mol. The van der Waals surface area contributed by atoms with Gasteiger partial charge in [-0.1, -0.05) is 12.1 Å². The Kier molecular flexibility index (Phi) is 4.65. The number of carbonyl (C=O) groups excluding carboxylic acids is 1. The standard InChI is InChI=1S/C18H23N3O2/c1-12(22)20-17-6-15-10-21(11-16(15)7-18(17)23)9-14-4-2-3-13(5-14)8-19/h2-5,15-18,23H,6-7,9-11H2,1H3,(H,20,22)/t15-,16+,17-,18-/m1/s1. The lowest BCUT2D eigenvalue weighted by Crippen LogP contribution is -2.48. The summed E-state index contributed by atoms with van der Waals surface area (Å²) in [7, 11) is 0. The number of rotatable bonds is 3. The Morgan fingerprint density at radius 2 is 2.13 bits per heavy atom. The van der Waals surface area contributed by atoms with Gasteiger partial charge < -0.3 is 10.4 Å². The van der Waals surface area contributed by atoms with Gasteiger partial charge >= 0.3 is 0 Å². The molecule has 2 N–H and O–H groups in total. The Bertz CT molecular complexity index is 625. The number of hydrogen-bond acceptors (Lipinski definition) is 4. The fourth-order valence-electron chi connectivity index (χ4n) is 4.07. The van der Waals surface area contributed by atoms with Crippen molar-refractivity contribution in [3.63, 3.8) is 0 Å². The highest BCUT2D eigenvalue weighted by Crippen LogP contribution is 2.37. The smallest absolute Gasteiger partial charge is 0.217 e. The summed E-state index contributed by atoms with van der Waals surface area (Å²) in [6.45, 7) is 4.31. The summed E-state index contributed by atoms with van der Waals surface area (Å²) in [6.07, 6.45) is 1.16. The summed E-state index contributed by atoms with van der Waals surface area (Å²) < 4.78 is 0. The fourth-order valence-corrected chi connectivity index (χ4v) is 4.07. The molecule has 0 unspecified atom stereocenters. The Balaban J connectivity index is 1.61. The molecule has 5 nitrogen and oxygen atoms in total. The third-order valence-electron chi connectivity index (χ3n) is 5.07. The predicted octanol–water partition coefficient (Wildman–Crippen LogP) is 1.27. The van der Waals surface area contributed by atoms with E-state index in [1.54, 1.807) is 0 Å². The minimum absolute atomic E-state index is 0.0735. The van der Waals surface area contributed by atoms with Crippen molar-refractivity contribution in [2.24, 2.45) is 11.8 Å². The first kappa shape index (κ1) is 16.0. The highest BCUT2D eigenvalue weighted by molar-refractivity contribution is 5.73. The number of hydrogen-bond donors (Lipinski definition) is 2. The van der Waals surface area contributed by atoms with Crippen LogP contribution in [0.1, 0.15) is 30.9 Å². The van der Waals surface area contributed by atoms with Crippen LogP contribution in [0.4, 0.5) is 0 Å². The van der Waals surface area contributed by atoms with Crippen molar-refractivity contribution in [2.75, 3.05) is 13.1 Å². The van der Waals surface area contributed by atoms with Gasteiger partial charge in [-0.05, 0) is 42.4 Å². The topological polar surface area (TPSA) is 76.4 Å². The number of benzene rings is 1. The molecule has 0 radical (unpaired) electrons. The van der Waals surface area contributed by atoms with Crippen LogP contribution in [-0.2, 0) is 11.3 Å². The van der Waals surface area contributed by atoms with Crippen LogP contribution >= 0.6 is 0 Å². The van der Waals surface area contributed by atoms with Crippen LogP contribution in [0.5, 0.6) is 0 Å². The molecule has 3 rings (SSSR count). The van der Waals surface area contributed by atoms with E-state index in [4.69, 9.17) is 5.26 Å². The van der Waals surface area contributed by atoms with Crippen molar-refractivity contribution in [3.8, 4) is 6.07 Å². The van der Waals surface area contributed by atoms with Crippen molar-refractivity contribution in [1.29, 1.82) is 5.26 Å². The van der Waals surface area contributed by atoms with Crippen molar-refractivity contribution in [3.05, 3.63) is 35.4 Å². The van der Waals surface area contributed by atoms with E-state index in [1.807, 2.05) is 18.2 Å². The molecule has 2 aliphatic rings. The Morgan fingerprint density at radius 3 is 2.83 bits per heavy atom. The zero-order valence-corrected chi connectivity index (χ0v) is 13.4. The highest BCUT2D eigenvalue weighted by atomic mass is 16.3. The molecule has 23 heavy (non-hydrogen) atoms. The summed E-state index contributed by atoms with van der Waals surface area (Å²) in [4.78, 5) is 13.7. The lowest BCUT2D eigenvalue weighted by atomic mass is 9.77. The molecule has 4 atom stereocenters. The quantitative estimate of drug-likeness (QED) is 0.881. The number of nitrogens with one attached hydrogen (secondary N) is 1. The number of carbonyl (C=O) groups is 1. The van der Waals surface area contributed by atoms with Crippen LogP contribution in [-0.4, -0.2) is 41.1 Å². The first-order valence-corrected chi connectivity index (χ1v) is 8.21. The SMILES string of the molecule is CC(=O)N[C@@H]1C[C@@H]2CN(Cc3cccc(C#N)c3)C[C@@H]2C[C@H]1O. The van der Waals surface area contributed by atoms with Gasteiger partial charge in [0.15, 0.2) is 0 Å². The first-order valence-electron chi connectivity index (χ1n) is 8.21. The van der Waals surface area contributed by atoms with E-state index in [0.29, 0.717) is 17.4 Å². The van der Waals surface area contributed by atoms with Crippen molar-refractivity contribution in [1.82, 2.24) is 10.2 Å². The predicted molar refractivity (Wildman–Crippen MR) is 86.3 cm³/mol. The molecule has 1 aromatic carbocycles. The zero-order chi connectivity index (χ0) is 16.4. The molecular formula is C18H23N3O2. The normalized spacial score (nSPS) is 30.5. The molecule has 122 valence electrons. The molecule has 1 amide bonds. The molecule has 0 bridgehead atoms. The number of aliphatic hydroxyl groups is 1. The number of aliphatic hydroxyl groups excluding tert-OH is 1. The summed E-state index contributed by atoms with van der Waals surface area (Å²) >= 11 is 0. The number of amides is 1. The number of fused-ring (bicyclic) bond motifs is 1. The second kappa shape index (κ2) is 6.69. The Labute approximate surface area is 136 Å². The molecule has 1 aromatic rings. The monoisotopic (exact) mass is 313 g/mol. The molecule has 1 heterocycles. The number of nitriles is 1. The lowest BCUT2D eigenvalue weighted by molar-refractivity contribution is -0.121. The van der Waals surface area contributed by atoms with Crippen LogP contribution in [0.2, 0.25) is 0 Å². The molecule has 1 saturated heterocycles. The van der Waals surface area contributed by atoms with Gasteiger partial charge in [-0.25, -0.2) is 0 Å². The Morgan fingerprint density at radius 1 is 1.39 bits per heavy atom. The first-order chi connectivity index (χ1) is 11.0. The van der Waals surface area contributed by atoms with Crippen LogP contribution in [0.15, 0.2) is 24.3 Å². The van der Waals surface area contributed by atoms with Crippen LogP contribution in [0, 0.1) is 23.2 Å². The summed E-state index contributed by atoms with van der Waals surface area (Å²) in [5, 5.41) is 22.1. The molecule has 1 aliphatic heterocycles. The third-order valence-corrected chi connectivity index (χ3v) is 5.07. The van der Waals surface area contributed by atoms with Crippen molar-refractivity contribution in [2.45, 2.75) is 38.5 Å². The largest absolute Gasteiger partial charge is 0.391 e. The van der Waals surface area contributed by atoms with E-state index in [9.17, 15) is 9.90 Å². The van der Waals surface area contributed by atoms with E-state index in [-0.39, 0.29) is 11.9 Å². The van der Waals surface area contributed by atoms with Crippen LogP contribution in [0.3, 0.4) is 0 Å². The minimum atomic E-state index is -0.443. The maximum absolute atomic E-state index is 11.3. The van der Waals surface area contributed by atoms with Crippen LogP contribution in [0.25, 0.3) is 0 Å². The maximum atomic E-state index is 11.3. The van der Waals surface area contributed by atoms with Gasteiger partial charge in [-0.3, -0.25) is 9.69 Å². The molecule has 0 spiro atoms. The summed E-state index contributed by atoms with van der Waals surface area (Å²) in [5.74, 6) is 0.944. The third kappa shape index (κ3) is 3.72. The molecule has 1 saturated carbocycles. The summed E-state index contributed by atoms with van der Waals surface area (Å²) in [6, 6.07) is 9.80. The fraction of sp³-hybridized carbons (Fsp3) is 0.556. The maximum Gasteiger partial charge on any atom is 0.217 e. The van der Waals surface area contributed by atoms with Gasteiger partial charge in [0.2, 0.25) is 5.91 Å². The summed E-state index contributed by atoms with van der Waals surface area (Å²) in [5.41, 5.74) is 1.85. The van der Waals surface area contributed by atoms with Gasteiger partial charge in [0.25, 0.3) is 0 Å². The van der Waals surface area contributed by atoms with E-state index < -0.39 is 6.10 Å². The van der Waals surface area contributed by atoms with Crippen molar-refractivity contribution >= 4 is 5.91 Å². The van der Waals surface area contributed by atoms with Gasteiger partial charge in [0.1, 0.15) is 0 Å². The van der Waals surface area contributed by atoms with Gasteiger partial charge in [0.05, 0.1) is 23.8 Å². The molecule has 1 aliphatic carbocycles. The van der Waals surface area contributed by atoms with E-state index in [2.05, 4.69) is 22.4 Å². The minimum Gasteiger partial charge on any atom is -0.391 e. The molecule has 2 fully saturated rings. The second-order valence-corrected chi connectivity index (χ2v) is 6.87. The molecular weight excluding hydrogens is 290 g/mol. The van der Waals surface area contributed by atoms with Gasteiger partial charge in [0, 0.05) is 26.6 Å². The van der Waals surface area contributed by atoms with Crippen molar-refractivity contribution < 1.29 is 9.90 Å². The van der Waals surface area contributed by atoms with Crippen LogP contribution < -0.4 is 5.32 Å². The van der Waals surface area contributed by atoms with E-state index >= 15 is 0 Å². The van der Waals surface area contributed by atoms with Gasteiger partial charge in [-0.15, -0.1) is 0 Å². The zero-order valence-electron chi connectivity index (χ0n) is 13.4.